The molecule has 0 radical (unpaired) electrons. The molecule has 0 atom stereocenters. The molecule has 0 unspecified atom stereocenters. The zero-order chi connectivity index (χ0) is 16.2. The molecule has 2 heterocycles. The van der Waals surface area contributed by atoms with E-state index in [-0.39, 0.29) is 6.09 Å². The Labute approximate surface area is 139 Å². The molecule has 23 heavy (non-hydrogen) atoms. The first-order valence-electron chi connectivity index (χ1n) is 7.43. The number of nitrogens with zero attached hydrogens (tertiary/aromatic N) is 3. The molecular formula is C16H18ClN3O3. The fourth-order valence-electron chi connectivity index (χ4n) is 2.50. The monoisotopic (exact) mass is 335 g/mol. The number of likely N-dealkylation sites (N-methyl/N-ethyl adjacent to an activating group) is 1. The molecule has 0 saturated carbocycles. The first-order valence-corrected chi connectivity index (χ1v) is 7.81. The molecule has 1 amide bonds. The largest absolute Gasteiger partial charge is 0.448 e. The van der Waals surface area contributed by atoms with Crippen molar-refractivity contribution in [2.24, 2.45) is 0 Å². The number of carbonyl (C=O) groups is 1. The van der Waals surface area contributed by atoms with Crippen molar-refractivity contribution in [3.8, 4) is 11.3 Å². The highest BCUT2D eigenvalue weighted by Gasteiger charge is 2.22. The van der Waals surface area contributed by atoms with Gasteiger partial charge in [0.15, 0.2) is 5.76 Å². The summed E-state index contributed by atoms with van der Waals surface area (Å²) in [6.07, 6.45) is 1.50. The van der Waals surface area contributed by atoms with Crippen molar-refractivity contribution >= 4 is 17.7 Å². The lowest BCUT2D eigenvalue weighted by Crippen LogP contribution is -2.33. The van der Waals surface area contributed by atoms with Crippen LogP contribution in [0.15, 0.2) is 35.0 Å². The molecule has 2 aromatic rings. The van der Waals surface area contributed by atoms with Gasteiger partial charge in [-0.3, -0.25) is 0 Å². The summed E-state index contributed by atoms with van der Waals surface area (Å²) in [6, 6.07) is 7.47. The van der Waals surface area contributed by atoms with E-state index in [1.54, 1.807) is 11.1 Å². The van der Waals surface area contributed by atoms with E-state index in [9.17, 15) is 4.79 Å². The van der Waals surface area contributed by atoms with Crippen molar-refractivity contribution in [2.75, 3.05) is 33.3 Å². The second-order valence-electron chi connectivity index (χ2n) is 5.53. The maximum absolute atomic E-state index is 11.4. The van der Waals surface area contributed by atoms with Crippen molar-refractivity contribution in [1.82, 2.24) is 15.0 Å². The lowest BCUT2D eigenvalue weighted by molar-refractivity contribution is 0.155. The van der Waals surface area contributed by atoms with Gasteiger partial charge in [-0.2, -0.15) is 0 Å². The summed E-state index contributed by atoms with van der Waals surface area (Å²) in [7, 11) is 2.00. The second-order valence-corrected chi connectivity index (χ2v) is 5.96. The van der Waals surface area contributed by atoms with Crippen molar-refractivity contribution < 1.29 is 14.1 Å². The van der Waals surface area contributed by atoms with Gasteiger partial charge in [-0.15, -0.1) is 0 Å². The third-order valence-corrected chi connectivity index (χ3v) is 4.04. The zero-order valence-electron chi connectivity index (χ0n) is 12.9. The molecule has 7 heteroatoms. The van der Waals surface area contributed by atoms with Crippen molar-refractivity contribution in [3.05, 3.63) is 41.0 Å². The Kier molecular flexibility index (Phi) is 4.83. The summed E-state index contributed by atoms with van der Waals surface area (Å²) in [5.74, 6) is 0.745. The maximum atomic E-state index is 11.4. The standard InChI is InChI=1S/C16H18ClN3O3/c1-19(6-7-20-8-9-22-16(20)21)11-13-10-18-23-15(13)12-2-4-14(17)5-3-12/h2-5,10H,6-9,11H2,1H3. The Bertz CT molecular complexity index is 671. The normalized spacial score (nSPS) is 14.6. The topological polar surface area (TPSA) is 58.8 Å². The number of benzene rings is 1. The molecule has 0 aliphatic carbocycles. The number of halogens is 1. The van der Waals surface area contributed by atoms with Crippen LogP contribution in [0.5, 0.6) is 0 Å². The third-order valence-electron chi connectivity index (χ3n) is 3.79. The summed E-state index contributed by atoms with van der Waals surface area (Å²) in [5.41, 5.74) is 1.94. The van der Waals surface area contributed by atoms with Gasteiger partial charge in [0.05, 0.1) is 12.7 Å². The summed E-state index contributed by atoms with van der Waals surface area (Å²) >= 11 is 5.92. The molecule has 1 aromatic carbocycles. The van der Waals surface area contributed by atoms with Gasteiger partial charge < -0.3 is 19.1 Å². The number of ether oxygens (including phenoxy) is 1. The number of hydrogen-bond acceptors (Lipinski definition) is 5. The Morgan fingerprint density at radius 1 is 1.35 bits per heavy atom. The van der Waals surface area contributed by atoms with Crippen LogP contribution in [0.2, 0.25) is 5.02 Å². The first-order chi connectivity index (χ1) is 11.1. The molecule has 0 bridgehead atoms. The Morgan fingerprint density at radius 3 is 2.83 bits per heavy atom. The van der Waals surface area contributed by atoms with E-state index in [1.165, 1.54) is 0 Å². The number of carbonyl (C=O) groups excluding carboxylic acids is 1. The molecule has 1 aliphatic rings. The van der Waals surface area contributed by atoms with Crippen LogP contribution in [-0.2, 0) is 11.3 Å². The number of hydrogen-bond donors (Lipinski definition) is 0. The zero-order valence-corrected chi connectivity index (χ0v) is 13.6. The van der Waals surface area contributed by atoms with Crippen molar-refractivity contribution in [3.63, 3.8) is 0 Å². The van der Waals surface area contributed by atoms with E-state index in [2.05, 4.69) is 10.1 Å². The highest BCUT2D eigenvalue weighted by Crippen LogP contribution is 2.25. The van der Waals surface area contributed by atoms with Crippen LogP contribution in [-0.4, -0.2) is 54.3 Å². The van der Waals surface area contributed by atoms with E-state index >= 15 is 0 Å². The molecular weight excluding hydrogens is 318 g/mol. The molecule has 0 N–H and O–H groups in total. The van der Waals surface area contributed by atoms with Crippen LogP contribution in [0.1, 0.15) is 5.56 Å². The Hall–Kier alpha value is -2.05. The predicted octanol–water partition coefficient (Wildman–Crippen LogP) is 2.88. The van der Waals surface area contributed by atoms with Gasteiger partial charge in [0.25, 0.3) is 0 Å². The van der Waals surface area contributed by atoms with Crippen LogP contribution in [0.25, 0.3) is 11.3 Å². The third kappa shape index (κ3) is 3.83. The van der Waals surface area contributed by atoms with Crippen LogP contribution in [0.4, 0.5) is 4.79 Å². The number of aromatic nitrogens is 1. The van der Waals surface area contributed by atoms with Crippen molar-refractivity contribution in [1.29, 1.82) is 0 Å². The molecule has 3 rings (SSSR count). The average Bonchev–Trinajstić information content (AvgIpc) is 3.15. The number of cyclic esters (lactones) is 1. The minimum Gasteiger partial charge on any atom is -0.448 e. The molecule has 0 spiro atoms. The van der Waals surface area contributed by atoms with Crippen LogP contribution in [0.3, 0.4) is 0 Å². The highest BCUT2D eigenvalue weighted by atomic mass is 35.5. The summed E-state index contributed by atoms with van der Waals surface area (Å²) < 4.78 is 10.3. The molecule has 6 nitrogen and oxygen atoms in total. The molecule has 1 fully saturated rings. The minimum atomic E-state index is -0.231. The lowest BCUT2D eigenvalue weighted by atomic mass is 10.1. The molecule has 1 saturated heterocycles. The maximum Gasteiger partial charge on any atom is 0.409 e. The van der Waals surface area contributed by atoms with E-state index in [1.807, 2.05) is 31.3 Å². The smallest absolute Gasteiger partial charge is 0.409 e. The summed E-state index contributed by atoms with van der Waals surface area (Å²) in [5, 5.41) is 4.59. The van der Waals surface area contributed by atoms with E-state index in [0.29, 0.717) is 31.3 Å². The van der Waals surface area contributed by atoms with E-state index in [0.717, 1.165) is 23.4 Å². The van der Waals surface area contributed by atoms with Crippen LogP contribution < -0.4 is 0 Å². The van der Waals surface area contributed by atoms with Crippen molar-refractivity contribution in [2.45, 2.75) is 6.54 Å². The fraction of sp³-hybridized carbons (Fsp3) is 0.375. The number of amides is 1. The second kappa shape index (κ2) is 7.02. The van der Waals surface area contributed by atoms with E-state index in [4.69, 9.17) is 20.9 Å². The first kappa shape index (κ1) is 15.8. The Morgan fingerprint density at radius 2 is 2.13 bits per heavy atom. The quantitative estimate of drug-likeness (QED) is 0.812. The minimum absolute atomic E-state index is 0.231. The van der Waals surface area contributed by atoms with Gasteiger partial charge in [-0.25, -0.2) is 4.79 Å². The summed E-state index contributed by atoms with van der Waals surface area (Å²) in [4.78, 5) is 15.3. The molecule has 1 aromatic heterocycles. The molecule has 122 valence electrons. The predicted molar refractivity (Wildman–Crippen MR) is 86.2 cm³/mol. The van der Waals surface area contributed by atoms with Crippen LogP contribution >= 0.6 is 11.6 Å². The average molecular weight is 336 g/mol. The Balaban J connectivity index is 1.60. The van der Waals surface area contributed by atoms with Crippen LogP contribution in [0, 0.1) is 0 Å². The SMILES string of the molecule is CN(CCN1CCOC1=O)Cc1cnoc1-c1ccc(Cl)cc1. The lowest BCUT2D eigenvalue weighted by Gasteiger charge is -2.19. The van der Waals surface area contributed by atoms with E-state index < -0.39 is 0 Å². The molecule has 1 aliphatic heterocycles. The van der Waals surface area contributed by atoms with Gasteiger partial charge >= 0.3 is 6.09 Å². The van der Waals surface area contributed by atoms with Gasteiger partial charge in [-0.1, -0.05) is 16.8 Å². The summed E-state index contributed by atoms with van der Waals surface area (Å²) in [6.45, 7) is 3.23. The van der Waals surface area contributed by atoms with Gasteiger partial charge in [0.1, 0.15) is 6.61 Å². The van der Waals surface area contributed by atoms with Gasteiger partial charge in [0, 0.05) is 35.8 Å². The van der Waals surface area contributed by atoms with Gasteiger partial charge in [0.2, 0.25) is 0 Å². The fourth-order valence-corrected chi connectivity index (χ4v) is 2.63. The highest BCUT2D eigenvalue weighted by molar-refractivity contribution is 6.30. The number of rotatable bonds is 6. The van der Waals surface area contributed by atoms with Gasteiger partial charge in [-0.05, 0) is 31.3 Å².